The van der Waals surface area contributed by atoms with Crippen LogP contribution in [0.3, 0.4) is 0 Å². The standard InChI is InChI=1S/C18H36N2O/c1-4-6-8-10-15-20(16-11-9-7-5-2)17(21)18(3)13-12-14-19-18/h19H,4-16H2,1-3H3. The van der Waals surface area contributed by atoms with Crippen molar-refractivity contribution in [2.75, 3.05) is 19.6 Å². The third kappa shape index (κ3) is 6.37. The van der Waals surface area contributed by atoms with Gasteiger partial charge in [-0.1, -0.05) is 52.4 Å². The zero-order valence-electron chi connectivity index (χ0n) is 14.5. The summed E-state index contributed by atoms with van der Waals surface area (Å²) in [5.74, 6) is 0.341. The van der Waals surface area contributed by atoms with Crippen molar-refractivity contribution in [3.8, 4) is 0 Å². The van der Waals surface area contributed by atoms with Crippen LogP contribution in [-0.2, 0) is 4.79 Å². The van der Waals surface area contributed by atoms with Crippen LogP contribution in [0.25, 0.3) is 0 Å². The molecule has 0 aromatic carbocycles. The minimum atomic E-state index is -0.296. The molecule has 0 bridgehead atoms. The lowest BCUT2D eigenvalue weighted by atomic mass is 9.98. The van der Waals surface area contributed by atoms with Gasteiger partial charge in [-0.2, -0.15) is 0 Å². The Labute approximate surface area is 131 Å². The van der Waals surface area contributed by atoms with Gasteiger partial charge in [0.05, 0.1) is 5.54 Å². The normalized spacial score (nSPS) is 21.7. The molecule has 1 aliphatic heterocycles. The molecule has 1 saturated heterocycles. The van der Waals surface area contributed by atoms with Crippen molar-refractivity contribution >= 4 is 5.91 Å². The number of nitrogens with zero attached hydrogens (tertiary/aromatic N) is 1. The van der Waals surface area contributed by atoms with Gasteiger partial charge >= 0.3 is 0 Å². The smallest absolute Gasteiger partial charge is 0.242 e. The molecule has 0 radical (unpaired) electrons. The Morgan fingerprint density at radius 2 is 1.57 bits per heavy atom. The second kappa shape index (κ2) is 10.2. The average molecular weight is 296 g/mol. The molecular weight excluding hydrogens is 260 g/mol. The number of carbonyl (C=O) groups excluding carboxylic acids is 1. The maximum Gasteiger partial charge on any atom is 0.242 e. The molecular formula is C18H36N2O. The van der Waals surface area contributed by atoms with Gasteiger partial charge in [-0.05, 0) is 39.2 Å². The van der Waals surface area contributed by atoms with Gasteiger partial charge < -0.3 is 10.2 Å². The maximum atomic E-state index is 12.9. The fraction of sp³-hybridized carbons (Fsp3) is 0.944. The van der Waals surface area contributed by atoms with Crippen LogP contribution in [-0.4, -0.2) is 36.0 Å². The van der Waals surface area contributed by atoms with Crippen molar-refractivity contribution in [3.05, 3.63) is 0 Å². The van der Waals surface area contributed by atoms with E-state index in [0.717, 1.165) is 45.3 Å². The molecule has 3 nitrogen and oxygen atoms in total. The highest BCUT2D eigenvalue weighted by atomic mass is 16.2. The molecule has 0 aromatic rings. The van der Waals surface area contributed by atoms with Crippen molar-refractivity contribution in [3.63, 3.8) is 0 Å². The van der Waals surface area contributed by atoms with E-state index in [9.17, 15) is 4.79 Å². The largest absolute Gasteiger partial charge is 0.341 e. The van der Waals surface area contributed by atoms with E-state index in [1.165, 1.54) is 38.5 Å². The van der Waals surface area contributed by atoms with Gasteiger partial charge in [0.1, 0.15) is 0 Å². The van der Waals surface area contributed by atoms with Gasteiger partial charge in [0.25, 0.3) is 0 Å². The van der Waals surface area contributed by atoms with Crippen LogP contribution in [0.15, 0.2) is 0 Å². The first-order valence-corrected chi connectivity index (χ1v) is 9.18. The molecule has 0 aromatic heterocycles. The third-order valence-corrected chi connectivity index (χ3v) is 4.69. The lowest BCUT2D eigenvalue weighted by Gasteiger charge is -2.32. The molecule has 1 rings (SSSR count). The molecule has 0 aliphatic carbocycles. The van der Waals surface area contributed by atoms with E-state index < -0.39 is 0 Å². The summed E-state index contributed by atoms with van der Waals surface area (Å²) in [5.41, 5.74) is -0.296. The minimum absolute atomic E-state index is 0.296. The lowest BCUT2D eigenvalue weighted by Crippen LogP contribution is -2.53. The molecule has 0 spiro atoms. The summed E-state index contributed by atoms with van der Waals surface area (Å²) < 4.78 is 0. The summed E-state index contributed by atoms with van der Waals surface area (Å²) in [7, 11) is 0. The number of rotatable bonds is 11. The van der Waals surface area contributed by atoms with Gasteiger partial charge in [0.15, 0.2) is 0 Å². The van der Waals surface area contributed by atoms with E-state index >= 15 is 0 Å². The average Bonchev–Trinajstić information content (AvgIpc) is 2.93. The van der Waals surface area contributed by atoms with Crippen LogP contribution in [0, 0.1) is 0 Å². The Balaban J connectivity index is 2.46. The Morgan fingerprint density at radius 1 is 1.00 bits per heavy atom. The number of unbranched alkanes of at least 4 members (excludes halogenated alkanes) is 6. The molecule has 1 aliphatic rings. The van der Waals surface area contributed by atoms with E-state index in [1.807, 2.05) is 0 Å². The highest BCUT2D eigenvalue weighted by Gasteiger charge is 2.38. The van der Waals surface area contributed by atoms with E-state index in [1.54, 1.807) is 0 Å². The summed E-state index contributed by atoms with van der Waals surface area (Å²) in [5, 5.41) is 3.43. The fourth-order valence-electron chi connectivity index (χ4n) is 3.20. The van der Waals surface area contributed by atoms with Crippen LogP contribution in [0.5, 0.6) is 0 Å². The van der Waals surface area contributed by atoms with Crippen LogP contribution >= 0.6 is 0 Å². The lowest BCUT2D eigenvalue weighted by molar-refractivity contribution is -0.137. The van der Waals surface area contributed by atoms with Crippen LogP contribution in [0.2, 0.25) is 0 Å². The molecule has 124 valence electrons. The Hall–Kier alpha value is -0.570. The summed E-state index contributed by atoms with van der Waals surface area (Å²) in [6.45, 7) is 9.44. The predicted octanol–water partition coefficient (Wildman–Crippen LogP) is 4.12. The van der Waals surface area contributed by atoms with Crippen molar-refractivity contribution in [1.82, 2.24) is 10.2 Å². The summed E-state index contributed by atoms with van der Waals surface area (Å²) >= 11 is 0. The number of hydrogen-bond acceptors (Lipinski definition) is 2. The van der Waals surface area contributed by atoms with Crippen molar-refractivity contribution in [1.29, 1.82) is 0 Å². The Bertz CT molecular complexity index is 273. The van der Waals surface area contributed by atoms with Gasteiger partial charge in [-0.25, -0.2) is 0 Å². The first-order chi connectivity index (χ1) is 10.1. The zero-order chi connectivity index (χ0) is 15.6. The molecule has 1 atom stereocenters. The number of amides is 1. The SMILES string of the molecule is CCCCCCN(CCCCCC)C(=O)C1(C)CCCN1. The Morgan fingerprint density at radius 3 is 2.00 bits per heavy atom. The van der Waals surface area contributed by atoms with Crippen molar-refractivity contribution in [2.45, 2.75) is 90.5 Å². The molecule has 1 fully saturated rings. The van der Waals surface area contributed by atoms with Gasteiger partial charge in [-0.15, -0.1) is 0 Å². The predicted molar refractivity (Wildman–Crippen MR) is 90.5 cm³/mol. The van der Waals surface area contributed by atoms with Crippen LogP contribution in [0.4, 0.5) is 0 Å². The van der Waals surface area contributed by atoms with Crippen LogP contribution < -0.4 is 5.32 Å². The molecule has 1 amide bonds. The summed E-state index contributed by atoms with van der Waals surface area (Å²) in [6, 6.07) is 0. The van der Waals surface area contributed by atoms with Crippen molar-refractivity contribution < 1.29 is 4.79 Å². The van der Waals surface area contributed by atoms with Gasteiger partial charge in [-0.3, -0.25) is 4.79 Å². The number of carbonyl (C=O) groups is 1. The first-order valence-electron chi connectivity index (χ1n) is 9.18. The molecule has 1 unspecified atom stereocenters. The van der Waals surface area contributed by atoms with E-state index in [-0.39, 0.29) is 5.54 Å². The topological polar surface area (TPSA) is 32.3 Å². The molecule has 1 heterocycles. The fourth-order valence-corrected chi connectivity index (χ4v) is 3.20. The molecule has 21 heavy (non-hydrogen) atoms. The highest BCUT2D eigenvalue weighted by Crippen LogP contribution is 2.22. The third-order valence-electron chi connectivity index (χ3n) is 4.69. The Kier molecular flexibility index (Phi) is 8.98. The second-order valence-corrected chi connectivity index (χ2v) is 6.78. The monoisotopic (exact) mass is 296 g/mol. The van der Waals surface area contributed by atoms with E-state index in [0.29, 0.717) is 5.91 Å². The number of hydrogen-bond donors (Lipinski definition) is 1. The van der Waals surface area contributed by atoms with Gasteiger partial charge in [0, 0.05) is 13.1 Å². The summed E-state index contributed by atoms with van der Waals surface area (Å²) in [6.07, 6.45) is 12.0. The quantitative estimate of drug-likeness (QED) is 0.582. The van der Waals surface area contributed by atoms with E-state index in [4.69, 9.17) is 0 Å². The summed E-state index contributed by atoms with van der Waals surface area (Å²) in [4.78, 5) is 15.0. The molecule has 0 saturated carbocycles. The minimum Gasteiger partial charge on any atom is -0.341 e. The van der Waals surface area contributed by atoms with Crippen molar-refractivity contribution in [2.24, 2.45) is 0 Å². The number of nitrogens with one attached hydrogen (secondary N) is 1. The van der Waals surface area contributed by atoms with Crippen LogP contribution in [0.1, 0.15) is 85.0 Å². The first kappa shape index (κ1) is 18.5. The highest BCUT2D eigenvalue weighted by molar-refractivity contribution is 5.86. The second-order valence-electron chi connectivity index (χ2n) is 6.78. The van der Waals surface area contributed by atoms with Gasteiger partial charge in [0.2, 0.25) is 5.91 Å². The molecule has 3 heteroatoms. The van der Waals surface area contributed by atoms with E-state index in [2.05, 4.69) is 31.0 Å². The molecule has 1 N–H and O–H groups in total. The zero-order valence-corrected chi connectivity index (χ0v) is 14.5. The maximum absolute atomic E-state index is 12.9.